The number of nitrogens with zero attached hydrogens (tertiary/aromatic N) is 3. The molecule has 0 radical (unpaired) electrons. The van der Waals surface area contributed by atoms with E-state index in [1.807, 2.05) is 29.2 Å². The zero-order valence-corrected chi connectivity index (χ0v) is 16.8. The predicted octanol–water partition coefficient (Wildman–Crippen LogP) is 2.71. The Balaban J connectivity index is 1.35. The van der Waals surface area contributed by atoms with Crippen LogP contribution in [-0.4, -0.2) is 77.4 Å². The maximum Gasteiger partial charge on any atom is 0.257 e. The molecular formula is C23H29N3O3. The van der Waals surface area contributed by atoms with Gasteiger partial charge in [-0.15, -0.1) is 0 Å². The van der Waals surface area contributed by atoms with Crippen LogP contribution in [0.15, 0.2) is 36.4 Å². The highest BCUT2D eigenvalue weighted by atomic mass is 16.3. The Kier molecular flexibility index (Phi) is 6.00. The number of piperazine rings is 1. The molecule has 6 heteroatoms. The van der Waals surface area contributed by atoms with Crippen LogP contribution in [-0.2, 0) is 4.79 Å². The number of amides is 2. The van der Waals surface area contributed by atoms with Gasteiger partial charge in [-0.1, -0.05) is 37.1 Å². The van der Waals surface area contributed by atoms with Crippen molar-refractivity contribution in [2.75, 3.05) is 45.8 Å². The number of rotatable bonds is 3. The number of likely N-dealkylation sites (tertiary alicyclic amines) is 1. The third kappa shape index (κ3) is 4.53. The molecular weight excluding hydrogens is 366 g/mol. The third-order valence-electron chi connectivity index (χ3n) is 6.07. The van der Waals surface area contributed by atoms with Gasteiger partial charge in [0.05, 0.1) is 12.1 Å². The van der Waals surface area contributed by atoms with Crippen LogP contribution in [0.1, 0.15) is 36.0 Å². The number of hydrogen-bond acceptors (Lipinski definition) is 4. The van der Waals surface area contributed by atoms with Gasteiger partial charge in [0.2, 0.25) is 5.91 Å². The Labute approximate surface area is 171 Å². The summed E-state index contributed by atoms with van der Waals surface area (Å²) in [5, 5.41) is 12.2. The van der Waals surface area contributed by atoms with E-state index in [4.69, 9.17) is 0 Å². The van der Waals surface area contributed by atoms with E-state index < -0.39 is 0 Å². The first kappa shape index (κ1) is 19.7. The second-order valence-electron chi connectivity index (χ2n) is 8.08. The number of benzene rings is 2. The minimum Gasteiger partial charge on any atom is -0.507 e. The number of aromatic hydroxyl groups is 1. The third-order valence-corrected chi connectivity index (χ3v) is 6.07. The van der Waals surface area contributed by atoms with Crippen molar-refractivity contribution in [2.45, 2.75) is 25.7 Å². The van der Waals surface area contributed by atoms with Crippen molar-refractivity contribution in [3.63, 3.8) is 0 Å². The first-order valence-electron chi connectivity index (χ1n) is 10.6. The molecule has 29 heavy (non-hydrogen) atoms. The Hall–Kier alpha value is -2.60. The van der Waals surface area contributed by atoms with Gasteiger partial charge in [-0.2, -0.15) is 0 Å². The monoisotopic (exact) mass is 395 g/mol. The van der Waals surface area contributed by atoms with Gasteiger partial charge in [0.1, 0.15) is 5.75 Å². The van der Waals surface area contributed by atoms with E-state index in [2.05, 4.69) is 4.90 Å². The quantitative estimate of drug-likeness (QED) is 0.868. The average molecular weight is 396 g/mol. The van der Waals surface area contributed by atoms with Crippen molar-refractivity contribution < 1.29 is 14.7 Å². The highest BCUT2D eigenvalue weighted by Crippen LogP contribution is 2.26. The van der Waals surface area contributed by atoms with E-state index in [0.717, 1.165) is 36.7 Å². The van der Waals surface area contributed by atoms with E-state index in [-0.39, 0.29) is 17.6 Å². The van der Waals surface area contributed by atoms with Gasteiger partial charge >= 0.3 is 0 Å². The van der Waals surface area contributed by atoms with Gasteiger partial charge in [-0.05, 0) is 35.7 Å². The van der Waals surface area contributed by atoms with Crippen molar-refractivity contribution in [2.24, 2.45) is 0 Å². The van der Waals surface area contributed by atoms with Gasteiger partial charge < -0.3 is 14.9 Å². The predicted molar refractivity (Wildman–Crippen MR) is 113 cm³/mol. The van der Waals surface area contributed by atoms with Crippen LogP contribution in [0.5, 0.6) is 5.75 Å². The molecule has 0 aromatic heterocycles. The van der Waals surface area contributed by atoms with Crippen molar-refractivity contribution >= 4 is 22.6 Å². The summed E-state index contributed by atoms with van der Waals surface area (Å²) in [6.45, 7) is 4.68. The smallest absolute Gasteiger partial charge is 0.257 e. The zero-order valence-electron chi connectivity index (χ0n) is 16.8. The lowest BCUT2D eigenvalue weighted by Gasteiger charge is -2.35. The zero-order chi connectivity index (χ0) is 20.2. The van der Waals surface area contributed by atoms with E-state index in [9.17, 15) is 14.7 Å². The van der Waals surface area contributed by atoms with Crippen molar-refractivity contribution in [3.05, 3.63) is 42.0 Å². The van der Waals surface area contributed by atoms with Crippen LogP contribution in [0.25, 0.3) is 10.8 Å². The largest absolute Gasteiger partial charge is 0.507 e. The highest BCUT2D eigenvalue weighted by Gasteiger charge is 2.26. The Morgan fingerprint density at radius 3 is 2.07 bits per heavy atom. The number of hydrogen-bond donors (Lipinski definition) is 1. The number of carbonyl (C=O) groups is 2. The normalized spacial score (nSPS) is 18.6. The molecule has 2 amide bonds. The lowest BCUT2D eigenvalue weighted by molar-refractivity contribution is -0.132. The molecule has 0 atom stereocenters. The maximum absolute atomic E-state index is 13.0. The Morgan fingerprint density at radius 2 is 1.41 bits per heavy atom. The van der Waals surface area contributed by atoms with Crippen LogP contribution in [0, 0.1) is 0 Å². The fourth-order valence-corrected chi connectivity index (χ4v) is 4.29. The summed E-state index contributed by atoms with van der Waals surface area (Å²) in [5.41, 5.74) is 0.345. The minimum absolute atomic E-state index is 0.0208. The second-order valence-corrected chi connectivity index (χ2v) is 8.08. The first-order chi connectivity index (χ1) is 14.1. The number of phenolic OH excluding ortho intramolecular Hbond substituents is 1. The summed E-state index contributed by atoms with van der Waals surface area (Å²) in [4.78, 5) is 31.5. The first-order valence-corrected chi connectivity index (χ1v) is 10.6. The molecule has 0 spiro atoms. The summed E-state index contributed by atoms with van der Waals surface area (Å²) in [6, 6.07) is 11.1. The van der Waals surface area contributed by atoms with Gasteiger partial charge in [-0.3, -0.25) is 14.5 Å². The van der Waals surface area contributed by atoms with E-state index in [1.54, 1.807) is 17.0 Å². The fourth-order valence-electron chi connectivity index (χ4n) is 4.29. The molecule has 0 unspecified atom stereocenters. The Bertz CT molecular complexity index is 882. The van der Waals surface area contributed by atoms with Crippen LogP contribution < -0.4 is 0 Å². The molecule has 0 saturated carbocycles. The summed E-state index contributed by atoms with van der Waals surface area (Å²) >= 11 is 0. The molecule has 2 aliphatic rings. The molecule has 1 N–H and O–H groups in total. The summed E-state index contributed by atoms with van der Waals surface area (Å²) in [6.07, 6.45) is 4.63. The molecule has 2 fully saturated rings. The number of phenols is 1. The molecule has 154 valence electrons. The summed E-state index contributed by atoms with van der Waals surface area (Å²) in [7, 11) is 0. The van der Waals surface area contributed by atoms with Crippen LogP contribution in [0.2, 0.25) is 0 Å². The van der Waals surface area contributed by atoms with Crippen LogP contribution in [0.4, 0.5) is 0 Å². The number of carbonyl (C=O) groups excluding carboxylic acids is 2. The second kappa shape index (κ2) is 8.82. The Morgan fingerprint density at radius 1 is 0.793 bits per heavy atom. The molecule has 2 aromatic carbocycles. The lowest BCUT2D eigenvalue weighted by Crippen LogP contribution is -2.51. The molecule has 6 nitrogen and oxygen atoms in total. The van der Waals surface area contributed by atoms with Gasteiger partial charge in [0.25, 0.3) is 5.91 Å². The van der Waals surface area contributed by atoms with Crippen LogP contribution in [0.3, 0.4) is 0 Å². The highest BCUT2D eigenvalue weighted by molar-refractivity contribution is 6.01. The SMILES string of the molecule is O=C(CN1CCN(C(=O)c2cc3ccccc3cc2O)CC1)N1CCCCCC1. The van der Waals surface area contributed by atoms with Gasteiger partial charge in [0, 0.05) is 39.3 Å². The molecule has 2 saturated heterocycles. The molecule has 0 bridgehead atoms. The molecule has 0 aliphatic carbocycles. The number of fused-ring (bicyclic) bond motifs is 1. The molecule has 4 rings (SSSR count). The average Bonchev–Trinajstić information content (AvgIpc) is 3.03. The minimum atomic E-state index is -0.147. The van der Waals surface area contributed by atoms with E-state index >= 15 is 0 Å². The molecule has 2 heterocycles. The van der Waals surface area contributed by atoms with Gasteiger partial charge in [0.15, 0.2) is 0 Å². The molecule has 2 aromatic rings. The topological polar surface area (TPSA) is 64.1 Å². The van der Waals surface area contributed by atoms with Crippen molar-refractivity contribution in [1.29, 1.82) is 0 Å². The van der Waals surface area contributed by atoms with Crippen molar-refractivity contribution in [3.8, 4) is 5.75 Å². The van der Waals surface area contributed by atoms with Crippen LogP contribution >= 0.6 is 0 Å². The fraction of sp³-hybridized carbons (Fsp3) is 0.478. The molecule has 2 aliphatic heterocycles. The van der Waals surface area contributed by atoms with E-state index in [1.165, 1.54) is 12.8 Å². The summed E-state index contributed by atoms with van der Waals surface area (Å²) in [5.74, 6) is 0.0815. The van der Waals surface area contributed by atoms with E-state index in [0.29, 0.717) is 38.3 Å². The standard InChI is InChI=1S/C23H29N3O3/c27-21-16-19-8-4-3-7-18(19)15-20(21)23(29)26-13-11-24(12-14-26)17-22(28)25-9-5-1-2-6-10-25/h3-4,7-8,15-16,27H,1-2,5-6,9-14,17H2. The maximum atomic E-state index is 13.0. The summed E-state index contributed by atoms with van der Waals surface area (Å²) < 4.78 is 0. The van der Waals surface area contributed by atoms with Gasteiger partial charge in [-0.25, -0.2) is 0 Å². The van der Waals surface area contributed by atoms with Crippen molar-refractivity contribution in [1.82, 2.24) is 14.7 Å². The lowest BCUT2D eigenvalue weighted by atomic mass is 10.0.